The van der Waals surface area contributed by atoms with Crippen LogP contribution in [0.4, 0.5) is 26.1 Å². The number of halogens is 7. The van der Waals surface area contributed by atoms with Gasteiger partial charge in [-0.1, -0.05) is 23.1 Å². The van der Waals surface area contributed by atoms with Crippen LogP contribution in [0.25, 0.3) is 0 Å². The predicted octanol–water partition coefficient (Wildman–Crippen LogP) is 0.297. The number of alkyl halides is 3. The monoisotopic (exact) mass is 302 g/mol. The first-order valence-electron chi connectivity index (χ1n) is 3.85. The van der Waals surface area contributed by atoms with Gasteiger partial charge >= 0.3 is 64.7 Å². The van der Waals surface area contributed by atoms with Gasteiger partial charge in [0.25, 0.3) is 0 Å². The van der Waals surface area contributed by atoms with Gasteiger partial charge in [-0.15, -0.1) is 13.2 Å². The number of hydrogen-bond donors (Lipinski definition) is 0. The zero-order valence-corrected chi connectivity index (χ0v) is 12.2. The average Bonchev–Trinajstić information content (AvgIpc) is 1.97. The summed E-state index contributed by atoms with van der Waals surface area (Å²) in [6, 6.07) is 1.76. The Hall–Kier alpha value is 0.591. The molecule has 0 radical (unpaired) electrons. The Balaban J connectivity index is 0.00000256. The molecule has 17 heavy (non-hydrogen) atoms. The van der Waals surface area contributed by atoms with E-state index in [1.165, 1.54) is 0 Å². The van der Waals surface area contributed by atoms with Gasteiger partial charge in [0.05, 0.1) is 0 Å². The van der Waals surface area contributed by atoms with Gasteiger partial charge in [0.2, 0.25) is 0 Å². The molecular weight excluding hydrogens is 299 g/mol. The molecule has 90 valence electrons. The molecular formula is C7H3BClF6KO. The quantitative estimate of drug-likeness (QED) is 0.564. The van der Waals surface area contributed by atoms with Crippen LogP contribution < -0.4 is 61.6 Å². The zero-order valence-electron chi connectivity index (χ0n) is 8.36. The van der Waals surface area contributed by atoms with Crippen LogP contribution in [0.5, 0.6) is 5.75 Å². The minimum absolute atomic E-state index is 0. The molecule has 0 aliphatic rings. The molecule has 0 heterocycles. The fraction of sp³-hybridized carbons (Fsp3) is 0.143. The predicted molar refractivity (Wildman–Crippen MR) is 46.8 cm³/mol. The Bertz CT molecular complexity index is 393. The molecule has 0 amide bonds. The van der Waals surface area contributed by atoms with Crippen molar-refractivity contribution in [1.82, 2.24) is 0 Å². The van der Waals surface area contributed by atoms with Crippen LogP contribution in [-0.2, 0) is 0 Å². The van der Waals surface area contributed by atoms with Crippen molar-refractivity contribution in [3.63, 3.8) is 0 Å². The molecule has 0 saturated carbocycles. The molecule has 0 unspecified atom stereocenters. The van der Waals surface area contributed by atoms with Crippen molar-refractivity contribution >= 4 is 24.0 Å². The number of benzene rings is 1. The van der Waals surface area contributed by atoms with Gasteiger partial charge in [0.1, 0.15) is 5.75 Å². The summed E-state index contributed by atoms with van der Waals surface area (Å²) in [6.45, 7) is -5.59. The molecule has 0 aliphatic heterocycles. The second kappa shape index (κ2) is 6.16. The Morgan fingerprint density at radius 1 is 1.12 bits per heavy atom. The summed E-state index contributed by atoms with van der Waals surface area (Å²) in [5.41, 5.74) is -1.47. The van der Waals surface area contributed by atoms with Crippen molar-refractivity contribution in [2.75, 3.05) is 0 Å². The minimum Gasteiger partial charge on any atom is -0.445 e. The summed E-state index contributed by atoms with van der Waals surface area (Å²) in [5, 5.41) is -0.275. The van der Waals surface area contributed by atoms with Gasteiger partial charge in [-0.25, -0.2) is 0 Å². The normalized spacial score (nSPS) is 11.9. The molecule has 0 aromatic heterocycles. The Morgan fingerprint density at radius 3 is 2.06 bits per heavy atom. The van der Waals surface area contributed by atoms with Crippen LogP contribution >= 0.6 is 11.6 Å². The summed E-state index contributed by atoms with van der Waals surface area (Å²) in [7, 11) is 0. The van der Waals surface area contributed by atoms with E-state index in [1.54, 1.807) is 0 Å². The molecule has 0 fully saturated rings. The summed E-state index contributed by atoms with van der Waals surface area (Å²) in [5.74, 6) is -1.34. The van der Waals surface area contributed by atoms with Gasteiger partial charge in [0.15, 0.2) is 0 Å². The molecule has 0 atom stereocenters. The third kappa shape index (κ3) is 5.84. The standard InChI is InChI=1S/C7H3BClF6O.K/c9-4-1-2-5(8(13,14)15)6(3-4)16-7(10,11)12;/h1-3H;/q-1;+1. The Morgan fingerprint density at radius 2 is 1.65 bits per heavy atom. The first-order valence-corrected chi connectivity index (χ1v) is 4.22. The maximum Gasteiger partial charge on any atom is 1.00 e. The van der Waals surface area contributed by atoms with Crippen LogP contribution in [0.15, 0.2) is 18.2 Å². The third-order valence-corrected chi connectivity index (χ3v) is 1.79. The number of ether oxygens (including phenoxy) is 1. The summed E-state index contributed by atoms with van der Waals surface area (Å²) in [4.78, 5) is 0. The van der Waals surface area contributed by atoms with E-state index in [2.05, 4.69) is 4.74 Å². The maximum absolute atomic E-state index is 12.3. The Kier molecular flexibility index (Phi) is 6.37. The molecule has 0 saturated heterocycles. The van der Waals surface area contributed by atoms with E-state index in [1.807, 2.05) is 0 Å². The summed E-state index contributed by atoms with van der Waals surface area (Å²) in [6.07, 6.45) is -5.19. The minimum atomic E-state index is -5.59. The topological polar surface area (TPSA) is 9.23 Å². The van der Waals surface area contributed by atoms with E-state index < -0.39 is 24.6 Å². The van der Waals surface area contributed by atoms with Crippen molar-refractivity contribution < 1.29 is 82.2 Å². The molecule has 0 aliphatic carbocycles. The average molecular weight is 302 g/mol. The SMILES string of the molecule is F[B-](F)(F)c1ccc(Cl)cc1OC(F)(F)F.[K+]. The van der Waals surface area contributed by atoms with E-state index in [9.17, 15) is 26.1 Å². The fourth-order valence-corrected chi connectivity index (χ4v) is 1.15. The molecule has 10 heteroatoms. The molecule has 1 aromatic rings. The van der Waals surface area contributed by atoms with Gasteiger partial charge in [-0.3, -0.25) is 0 Å². The number of hydrogen-bond acceptors (Lipinski definition) is 1. The van der Waals surface area contributed by atoms with Crippen molar-refractivity contribution in [3.8, 4) is 5.75 Å². The van der Waals surface area contributed by atoms with Crippen molar-refractivity contribution in [3.05, 3.63) is 23.2 Å². The van der Waals surface area contributed by atoms with Crippen molar-refractivity contribution in [1.29, 1.82) is 0 Å². The smallest absolute Gasteiger partial charge is 0.445 e. The van der Waals surface area contributed by atoms with E-state index in [0.717, 1.165) is 6.07 Å². The molecule has 1 rings (SSSR count). The van der Waals surface area contributed by atoms with Gasteiger partial charge < -0.3 is 17.7 Å². The second-order valence-electron chi connectivity index (χ2n) is 2.80. The van der Waals surface area contributed by atoms with Gasteiger partial charge in [0, 0.05) is 5.02 Å². The zero-order chi connectivity index (χ0) is 12.6. The fourth-order valence-electron chi connectivity index (χ4n) is 0.992. The Labute approximate surface area is 140 Å². The van der Waals surface area contributed by atoms with E-state index >= 15 is 0 Å². The summed E-state index contributed by atoms with van der Waals surface area (Å²) >= 11 is 5.29. The molecule has 0 spiro atoms. The van der Waals surface area contributed by atoms with E-state index in [0.29, 0.717) is 12.1 Å². The van der Waals surface area contributed by atoms with Gasteiger partial charge in [-0.05, 0) is 12.1 Å². The largest absolute Gasteiger partial charge is 1.00 e. The van der Waals surface area contributed by atoms with Crippen LogP contribution in [-0.4, -0.2) is 13.3 Å². The van der Waals surface area contributed by atoms with Crippen molar-refractivity contribution in [2.24, 2.45) is 0 Å². The van der Waals surface area contributed by atoms with Gasteiger partial charge in [-0.2, -0.15) is 0 Å². The summed E-state index contributed by atoms with van der Waals surface area (Å²) < 4.78 is 75.7. The maximum atomic E-state index is 12.3. The first kappa shape index (κ1) is 17.6. The van der Waals surface area contributed by atoms with Crippen LogP contribution in [0, 0.1) is 0 Å². The second-order valence-corrected chi connectivity index (χ2v) is 3.24. The van der Waals surface area contributed by atoms with E-state index in [4.69, 9.17) is 11.6 Å². The third-order valence-electron chi connectivity index (χ3n) is 1.55. The molecule has 1 nitrogen and oxygen atoms in total. The molecule has 0 bridgehead atoms. The van der Waals surface area contributed by atoms with Crippen LogP contribution in [0.3, 0.4) is 0 Å². The van der Waals surface area contributed by atoms with Crippen molar-refractivity contribution in [2.45, 2.75) is 6.36 Å². The van der Waals surface area contributed by atoms with Crippen LogP contribution in [0.1, 0.15) is 0 Å². The number of rotatable bonds is 2. The molecule has 0 N–H and O–H groups in total. The molecule has 1 aromatic carbocycles. The van der Waals surface area contributed by atoms with Crippen LogP contribution in [0.2, 0.25) is 5.02 Å². The van der Waals surface area contributed by atoms with E-state index in [-0.39, 0.29) is 56.4 Å². The first-order chi connectivity index (χ1) is 7.09.